The summed E-state index contributed by atoms with van der Waals surface area (Å²) in [6, 6.07) is 5.46. The molecular formula is C10H15NOS. The van der Waals surface area contributed by atoms with Crippen molar-refractivity contribution in [1.29, 1.82) is 0 Å². The highest BCUT2D eigenvalue weighted by Crippen LogP contribution is 2.12. The van der Waals surface area contributed by atoms with E-state index in [-0.39, 0.29) is 0 Å². The Kier molecular flexibility index (Phi) is 2.98. The maximum atomic E-state index is 5.11. The van der Waals surface area contributed by atoms with Crippen LogP contribution in [0.2, 0.25) is 0 Å². The Bertz CT molecular complexity index is 243. The van der Waals surface area contributed by atoms with E-state index in [9.17, 15) is 0 Å². The van der Waals surface area contributed by atoms with Crippen molar-refractivity contribution in [2.45, 2.75) is 25.4 Å². The number of hydrogen-bond acceptors (Lipinski definition) is 3. The van der Waals surface area contributed by atoms with Gasteiger partial charge in [0.1, 0.15) is 0 Å². The van der Waals surface area contributed by atoms with Gasteiger partial charge in [0.05, 0.1) is 19.3 Å². The standard InChI is InChI=1S/C10H15NOS/c1-8(11-9-6-12-7-9)5-10-3-2-4-13-10/h2-4,8-9,11H,5-7H2,1H3. The minimum absolute atomic E-state index is 0.563. The van der Waals surface area contributed by atoms with Gasteiger partial charge >= 0.3 is 0 Å². The fraction of sp³-hybridized carbons (Fsp3) is 0.600. The lowest BCUT2D eigenvalue weighted by atomic mass is 10.1. The molecule has 1 aliphatic heterocycles. The first-order valence-electron chi connectivity index (χ1n) is 4.71. The van der Waals surface area contributed by atoms with Gasteiger partial charge in [0.15, 0.2) is 0 Å². The highest BCUT2D eigenvalue weighted by atomic mass is 32.1. The second-order valence-corrected chi connectivity index (χ2v) is 4.62. The van der Waals surface area contributed by atoms with E-state index in [1.165, 1.54) is 4.88 Å². The fourth-order valence-electron chi connectivity index (χ4n) is 1.52. The Morgan fingerprint density at radius 2 is 2.54 bits per heavy atom. The van der Waals surface area contributed by atoms with Gasteiger partial charge in [-0.3, -0.25) is 0 Å². The first-order valence-corrected chi connectivity index (χ1v) is 5.59. The van der Waals surface area contributed by atoms with E-state index in [4.69, 9.17) is 4.74 Å². The third-order valence-electron chi connectivity index (χ3n) is 2.25. The van der Waals surface area contributed by atoms with Crippen molar-refractivity contribution in [2.75, 3.05) is 13.2 Å². The molecule has 1 fully saturated rings. The molecule has 2 heterocycles. The lowest BCUT2D eigenvalue weighted by Gasteiger charge is -2.30. The summed E-state index contributed by atoms with van der Waals surface area (Å²) >= 11 is 1.83. The third kappa shape index (κ3) is 2.53. The van der Waals surface area contributed by atoms with Crippen molar-refractivity contribution in [1.82, 2.24) is 5.32 Å². The lowest BCUT2D eigenvalue weighted by Crippen LogP contribution is -2.49. The molecule has 0 saturated carbocycles. The van der Waals surface area contributed by atoms with E-state index in [2.05, 4.69) is 29.8 Å². The van der Waals surface area contributed by atoms with E-state index in [0.29, 0.717) is 12.1 Å². The summed E-state index contributed by atoms with van der Waals surface area (Å²) < 4.78 is 5.11. The van der Waals surface area contributed by atoms with Crippen LogP contribution in [-0.2, 0) is 11.2 Å². The molecule has 1 atom stereocenters. The van der Waals surface area contributed by atoms with Gasteiger partial charge in [-0.2, -0.15) is 0 Å². The largest absolute Gasteiger partial charge is 0.378 e. The summed E-state index contributed by atoms with van der Waals surface area (Å²) in [6.07, 6.45) is 1.13. The second-order valence-electron chi connectivity index (χ2n) is 3.59. The first kappa shape index (κ1) is 9.19. The van der Waals surface area contributed by atoms with Gasteiger partial charge in [-0.1, -0.05) is 6.07 Å². The molecule has 1 aromatic heterocycles. The van der Waals surface area contributed by atoms with Crippen LogP contribution in [0.25, 0.3) is 0 Å². The zero-order valence-corrected chi connectivity index (χ0v) is 8.64. The molecule has 1 N–H and O–H groups in total. The molecule has 13 heavy (non-hydrogen) atoms. The molecule has 0 aliphatic carbocycles. The molecule has 0 radical (unpaired) electrons. The first-order chi connectivity index (χ1) is 6.34. The van der Waals surface area contributed by atoms with E-state index in [0.717, 1.165) is 19.6 Å². The minimum atomic E-state index is 0.563. The maximum absolute atomic E-state index is 5.11. The normalized spacial score (nSPS) is 19.8. The number of hydrogen-bond donors (Lipinski definition) is 1. The van der Waals surface area contributed by atoms with Crippen molar-refractivity contribution in [3.63, 3.8) is 0 Å². The van der Waals surface area contributed by atoms with Crippen LogP contribution in [0.1, 0.15) is 11.8 Å². The molecule has 0 aromatic carbocycles. The number of thiophene rings is 1. The summed E-state index contributed by atoms with van der Waals surface area (Å²) in [5, 5.41) is 5.67. The van der Waals surface area contributed by atoms with Gasteiger partial charge in [0.2, 0.25) is 0 Å². The Labute approximate surface area is 82.9 Å². The predicted octanol–water partition coefficient (Wildman–Crippen LogP) is 1.67. The molecule has 0 bridgehead atoms. The van der Waals surface area contributed by atoms with Crippen LogP contribution >= 0.6 is 11.3 Å². The monoisotopic (exact) mass is 197 g/mol. The third-order valence-corrected chi connectivity index (χ3v) is 3.14. The van der Waals surface area contributed by atoms with Crippen LogP contribution in [0.5, 0.6) is 0 Å². The van der Waals surface area contributed by atoms with E-state index in [1.807, 2.05) is 11.3 Å². The topological polar surface area (TPSA) is 21.3 Å². The van der Waals surface area contributed by atoms with Crippen LogP contribution in [-0.4, -0.2) is 25.3 Å². The predicted molar refractivity (Wildman–Crippen MR) is 55.2 cm³/mol. The van der Waals surface area contributed by atoms with Gasteiger partial charge in [-0.05, 0) is 24.8 Å². The second kappa shape index (κ2) is 4.22. The molecular weight excluding hydrogens is 182 g/mol. The fourth-order valence-corrected chi connectivity index (χ4v) is 2.36. The van der Waals surface area contributed by atoms with Gasteiger partial charge in [-0.15, -0.1) is 11.3 Å². The molecule has 1 unspecified atom stereocenters. The summed E-state index contributed by atoms with van der Waals surface area (Å²) in [5.74, 6) is 0. The maximum Gasteiger partial charge on any atom is 0.0643 e. The van der Waals surface area contributed by atoms with Crippen molar-refractivity contribution in [3.8, 4) is 0 Å². The average Bonchev–Trinajstić information content (AvgIpc) is 2.49. The average molecular weight is 197 g/mol. The van der Waals surface area contributed by atoms with Crippen LogP contribution in [0, 0.1) is 0 Å². The van der Waals surface area contributed by atoms with Crippen LogP contribution in [0.15, 0.2) is 17.5 Å². The SMILES string of the molecule is CC(Cc1cccs1)NC1COC1. The van der Waals surface area contributed by atoms with E-state index >= 15 is 0 Å². The Hall–Kier alpha value is -0.380. The van der Waals surface area contributed by atoms with Crippen molar-refractivity contribution in [2.24, 2.45) is 0 Å². The van der Waals surface area contributed by atoms with Gasteiger partial charge in [0, 0.05) is 10.9 Å². The number of nitrogens with one attached hydrogen (secondary N) is 1. The highest BCUT2D eigenvalue weighted by molar-refractivity contribution is 7.09. The molecule has 1 saturated heterocycles. The van der Waals surface area contributed by atoms with Gasteiger partial charge in [0.25, 0.3) is 0 Å². The molecule has 1 aromatic rings. The number of ether oxygens (including phenoxy) is 1. The Morgan fingerprint density at radius 1 is 1.69 bits per heavy atom. The van der Waals surface area contributed by atoms with Crippen LogP contribution in [0.4, 0.5) is 0 Å². The molecule has 2 rings (SSSR count). The molecule has 0 spiro atoms. The molecule has 0 amide bonds. The summed E-state index contributed by atoms with van der Waals surface area (Å²) in [5.41, 5.74) is 0. The molecule has 1 aliphatic rings. The Balaban J connectivity index is 1.74. The quantitative estimate of drug-likeness (QED) is 0.792. The Morgan fingerprint density at radius 3 is 3.08 bits per heavy atom. The smallest absolute Gasteiger partial charge is 0.0643 e. The minimum Gasteiger partial charge on any atom is -0.378 e. The zero-order valence-electron chi connectivity index (χ0n) is 7.82. The summed E-state index contributed by atoms with van der Waals surface area (Å²) in [6.45, 7) is 4.00. The highest BCUT2D eigenvalue weighted by Gasteiger charge is 2.19. The molecule has 3 heteroatoms. The number of rotatable bonds is 4. The molecule has 2 nitrogen and oxygen atoms in total. The van der Waals surface area contributed by atoms with E-state index < -0.39 is 0 Å². The van der Waals surface area contributed by atoms with Gasteiger partial charge in [-0.25, -0.2) is 0 Å². The zero-order chi connectivity index (χ0) is 9.10. The van der Waals surface area contributed by atoms with Crippen molar-refractivity contribution in [3.05, 3.63) is 22.4 Å². The lowest BCUT2D eigenvalue weighted by molar-refractivity contribution is -0.00905. The van der Waals surface area contributed by atoms with Crippen molar-refractivity contribution >= 4 is 11.3 Å². The van der Waals surface area contributed by atoms with Crippen LogP contribution in [0.3, 0.4) is 0 Å². The van der Waals surface area contributed by atoms with Crippen molar-refractivity contribution < 1.29 is 4.74 Å². The van der Waals surface area contributed by atoms with E-state index in [1.54, 1.807) is 0 Å². The summed E-state index contributed by atoms with van der Waals surface area (Å²) in [7, 11) is 0. The van der Waals surface area contributed by atoms with Crippen LogP contribution < -0.4 is 5.32 Å². The van der Waals surface area contributed by atoms with Gasteiger partial charge < -0.3 is 10.1 Å². The molecule has 72 valence electrons. The summed E-state index contributed by atoms with van der Waals surface area (Å²) in [4.78, 5) is 1.46.